The number of aryl methyl sites for hydroxylation is 1. The van der Waals surface area contributed by atoms with Crippen molar-refractivity contribution >= 4 is 22.8 Å². The Morgan fingerprint density at radius 2 is 1.76 bits per heavy atom. The summed E-state index contributed by atoms with van der Waals surface area (Å²) in [6.07, 6.45) is 0. The lowest BCUT2D eigenvalue weighted by Gasteiger charge is -2.14. The molecule has 0 bridgehead atoms. The third kappa shape index (κ3) is 3.71. The predicted octanol–water partition coefficient (Wildman–Crippen LogP) is 3.78. The Morgan fingerprint density at radius 1 is 1.08 bits per heavy atom. The fourth-order valence-electron chi connectivity index (χ4n) is 2.67. The van der Waals surface area contributed by atoms with Crippen molar-refractivity contribution < 1.29 is 18.7 Å². The van der Waals surface area contributed by atoms with Crippen LogP contribution in [0.4, 0.5) is 0 Å². The Kier molecular flexibility index (Phi) is 4.84. The predicted molar refractivity (Wildman–Crippen MR) is 94.2 cm³/mol. The number of benzene rings is 2. The fraction of sp³-hybridized carbons (Fsp3) is 0.200. The molecule has 0 radical (unpaired) electrons. The fourth-order valence-corrected chi connectivity index (χ4v) is 2.67. The van der Waals surface area contributed by atoms with Crippen LogP contribution >= 0.6 is 0 Å². The number of esters is 1. The van der Waals surface area contributed by atoms with Crippen LogP contribution in [-0.2, 0) is 9.53 Å². The summed E-state index contributed by atoms with van der Waals surface area (Å²) in [5.41, 5.74) is 2.31. The van der Waals surface area contributed by atoms with Gasteiger partial charge in [0.15, 0.2) is 6.61 Å². The molecule has 1 N–H and O–H groups in total. The molecule has 0 aliphatic rings. The molecule has 5 heteroatoms. The largest absolute Gasteiger partial charge is 0.450 e. The van der Waals surface area contributed by atoms with Gasteiger partial charge in [-0.25, -0.2) is 4.79 Å². The van der Waals surface area contributed by atoms with Crippen LogP contribution in [-0.4, -0.2) is 18.5 Å². The molecule has 0 aliphatic heterocycles. The van der Waals surface area contributed by atoms with Crippen LogP contribution in [0.15, 0.2) is 59.0 Å². The van der Waals surface area contributed by atoms with E-state index in [2.05, 4.69) is 5.32 Å². The minimum absolute atomic E-state index is 0.130. The van der Waals surface area contributed by atoms with Crippen LogP contribution in [0.2, 0.25) is 0 Å². The molecule has 2 aromatic carbocycles. The van der Waals surface area contributed by atoms with Crippen molar-refractivity contribution in [3.8, 4) is 0 Å². The number of fused-ring (bicyclic) bond motifs is 1. The highest BCUT2D eigenvalue weighted by Gasteiger charge is 2.20. The summed E-state index contributed by atoms with van der Waals surface area (Å²) in [5.74, 6) is -0.875. The summed E-state index contributed by atoms with van der Waals surface area (Å²) in [6, 6.07) is 16.8. The highest BCUT2D eigenvalue weighted by molar-refractivity contribution is 5.96. The number of carbonyl (C=O) groups is 2. The number of nitrogens with one attached hydrogen (secondary N) is 1. The average Bonchev–Trinajstić information content (AvgIpc) is 2.97. The number of ether oxygens (including phenoxy) is 1. The van der Waals surface area contributed by atoms with Gasteiger partial charge in [-0.15, -0.1) is 0 Å². The molecule has 0 saturated carbocycles. The molecule has 1 atom stereocenters. The van der Waals surface area contributed by atoms with Crippen LogP contribution in [0, 0.1) is 6.92 Å². The average molecular weight is 337 g/mol. The van der Waals surface area contributed by atoms with Gasteiger partial charge in [0, 0.05) is 10.9 Å². The Labute approximate surface area is 145 Å². The zero-order valence-corrected chi connectivity index (χ0v) is 14.1. The first-order chi connectivity index (χ1) is 12.1. The molecule has 128 valence electrons. The summed E-state index contributed by atoms with van der Waals surface area (Å²) in [4.78, 5) is 24.2. The highest BCUT2D eigenvalue weighted by atomic mass is 16.5. The van der Waals surface area contributed by atoms with Gasteiger partial charge in [-0.2, -0.15) is 0 Å². The van der Waals surface area contributed by atoms with E-state index in [-0.39, 0.29) is 24.3 Å². The molecule has 1 heterocycles. The van der Waals surface area contributed by atoms with E-state index in [9.17, 15) is 9.59 Å². The van der Waals surface area contributed by atoms with Crippen LogP contribution in [0.5, 0.6) is 0 Å². The molecular weight excluding hydrogens is 318 g/mol. The Bertz CT molecular complexity index is 898. The van der Waals surface area contributed by atoms with Crippen molar-refractivity contribution in [1.29, 1.82) is 0 Å². The SMILES string of the molecule is Cc1c(C(=O)OCC(=O)N[C@H](C)c2ccccc2)oc2ccccc12. The minimum Gasteiger partial charge on any atom is -0.450 e. The van der Waals surface area contributed by atoms with Crippen molar-refractivity contribution in [3.05, 3.63) is 71.5 Å². The quantitative estimate of drug-likeness (QED) is 0.720. The molecule has 3 rings (SSSR count). The summed E-state index contributed by atoms with van der Waals surface area (Å²) in [5, 5.41) is 3.66. The van der Waals surface area contributed by atoms with Gasteiger partial charge >= 0.3 is 5.97 Å². The maximum atomic E-state index is 12.2. The summed E-state index contributed by atoms with van der Waals surface area (Å²) < 4.78 is 10.6. The molecule has 0 aliphatic carbocycles. The van der Waals surface area contributed by atoms with Crippen LogP contribution < -0.4 is 5.32 Å². The molecule has 0 saturated heterocycles. The van der Waals surface area contributed by atoms with Gasteiger partial charge in [-0.3, -0.25) is 4.79 Å². The Balaban J connectivity index is 1.60. The number of para-hydroxylation sites is 1. The van der Waals surface area contributed by atoms with E-state index < -0.39 is 5.97 Å². The molecule has 3 aromatic rings. The van der Waals surface area contributed by atoms with Gasteiger partial charge in [0.1, 0.15) is 5.58 Å². The van der Waals surface area contributed by atoms with Gasteiger partial charge in [-0.05, 0) is 25.5 Å². The number of amides is 1. The monoisotopic (exact) mass is 337 g/mol. The van der Waals surface area contributed by atoms with E-state index in [1.807, 2.05) is 55.5 Å². The highest BCUT2D eigenvalue weighted by Crippen LogP contribution is 2.25. The van der Waals surface area contributed by atoms with E-state index in [0.29, 0.717) is 11.1 Å². The number of rotatable bonds is 5. The van der Waals surface area contributed by atoms with Crippen LogP contribution in [0.1, 0.15) is 34.6 Å². The lowest BCUT2D eigenvalue weighted by molar-refractivity contribution is -0.124. The summed E-state index contributed by atoms with van der Waals surface area (Å²) in [6.45, 7) is 3.31. The lowest BCUT2D eigenvalue weighted by Crippen LogP contribution is -2.31. The van der Waals surface area contributed by atoms with Crippen molar-refractivity contribution in [2.45, 2.75) is 19.9 Å². The van der Waals surface area contributed by atoms with E-state index in [4.69, 9.17) is 9.15 Å². The second-order valence-electron chi connectivity index (χ2n) is 5.83. The Hall–Kier alpha value is -3.08. The Morgan fingerprint density at radius 3 is 2.48 bits per heavy atom. The van der Waals surface area contributed by atoms with Crippen molar-refractivity contribution in [3.63, 3.8) is 0 Å². The van der Waals surface area contributed by atoms with Gasteiger partial charge in [0.25, 0.3) is 5.91 Å². The van der Waals surface area contributed by atoms with Gasteiger partial charge in [-0.1, -0.05) is 48.5 Å². The topological polar surface area (TPSA) is 68.5 Å². The van der Waals surface area contributed by atoms with Crippen LogP contribution in [0.25, 0.3) is 11.0 Å². The van der Waals surface area contributed by atoms with Crippen molar-refractivity contribution in [1.82, 2.24) is 5.32 Å². The second kappa shape index (κ2) is 7.21. The smallest absolute Gasteiger partial charge is 0.375 e. The van der Waals surface area contributed by atoms with Crippen molar-refractivity contribution in [2.75, 3.05) is 6.61 Å². The second-order valence-corrected chi connectivity index (χ2v) is 5.83. The van der Waals surface area contributed by atoms with Gasteiger partial charge < -0.3 is 14.5 Å². The summed E-state index contributed by atoms with van der Waals surface area (Å²) in [7, 11) is 0. The van der Waals surface area contributed by atoms with E-state index in [1.165, 1.54) is 0 Å². The first-order valence-electron chi connectivity index (χ1n) is 8.06. The maximum Gasteiger partial charge on any atom is 0.375 e. The molecule has 0 unspecified atom stereocenters. The van der Waals surface area contributed by atoms with Gasteiger partial charge in [0.05, 0.1) is 6.04 Å². The molecule has 0 fully saturated rings. The standard InChI is InChI=1S/C20H19NO4/c1-13-16-10-6-7-11-17(16)25-19(13)20(23)24-12-18(22)21-14(2)15-8-4-3-5-9-15/h3-11,14H,12H2,1-2H3,(H,21,22)/t14-/m1/s1. The van der Waals surface area contributed by atoms with E-state index >= 15 is 0 Å². The molecular formula is C20H19NO4. The lowest BCUT2D eigenvalue weighted by atomic mass is 10.1. The number of hydrogen-bond donors (Lipinski definition) is 1. The van der Waals surface area contributed by atoms with Gasteiger partial charge in [0.2, 0.25) is 5.76 Å². The third-order valence-corrected chi connectivity index (χ3v) is 4.04. The maximum absolute atomic E-state index is 12.2. The number of hydrogen-bond acceptors (Lipinski definition) is 4. The molecule has 1 aromatic heterocycles. The van der Waals surface area contributed by atoms with Crippen molar-refractivity contribution in [2.24, 2.45) is 0 Å². The number of carbonyl (C=O) groups excluding carboxylic acids is 2. The zero-order valence-electron chi connectivity index (χ0n) is 14.1. The first-order valence-corrected chi connectivity index (χ1v) is 8.06. The number of furan rings is 1. The molecule has 25 heavy (non-hydrogen) atoms. The molecule has 5 nitrogen and oxygen atoms in total. The third-order valence-electron chi connectivity index (χ3n) is 4.04. The first kappa shape index (κ1) is 16.8. The zero-order chi connectivity index (χ0) is 17.8. The minimum atomic E-state index is -0.642. The van der Waals surface area contributed by atoms with E-state index in [0.717, 1.165) is 10.9 Å². The molecule has 1 amide bonds. The van der Waals surface area contributed by atoms with E-state index in [1.54, 1.807) is 13.0 Å². The van der Waals surface area contributed by atoms with Crippen LogP contribution in [0.3, 0.4) is 0 Å². The summed E-state index contributed by atoms with van der Waals surface area (Å²) >= 11 is 0. The normalized spacial score (nSPS) is 11.9. The molecule has 0 spiro atoms.